The van der Waals surface area contributed by atoms with E-state index in [1.807, 2.05) is 0 Å². The second-order valence-corrected chi connectivity index (χ2v) is 8.48. The van der Waals surface area contributed by atoms with Crippen LogP contribution in [0, 0.1) is 11.2 Å². The average molecular weight is 452 g/mol. The van der Waals surface area contributed by atoms with Gasteiger partial charge in [0.05, 0.1) is 17.2 Å². The van der Waals surface area contributed by atoms with Gasteiger partial charge in [0.15, 0.2) is 0 Å². The Morgan fingerprint density at radius 3 is 2.53 bits per heavy atom. The lowest BCUT2D eigenvalue weighted by molar-refractivity contribution is -0.138. The number of rotatable bonds is 4. The molecule has 172 valence electrons. The zero-order valence-corrected chi connectivity index (χ0v) is 17.6. The van der Waals surface area contributed by atoms with Crippen LogP contribution in [0.5, 0.6) is 0 Å². The highest BCUT2D eigenvalue weighted by atomic mass is 19.4. The number of anilines is 1. The molecule has 2 aliphatic rings. The van der Waals surface area contributed by atoms with Crippen LogP contribution >= 0.6 is 0 Å². The van der Waals surface area contributed by atoms with Crippen LogP contribution in [0.3, 0.4) is 0 Å². The van der Waals surface area contributed by atoms with E-state index in [0.29, 0.717) is 37.9 Å². The molecule has 10 heteroatoms. The molecule has 6 nitrogen and oxygen atoms in total. The summed E-state index contributed by atoms with van der Waals surface area (Å²) in [6.07, 6.45) is 0.874. The minimum Gasteiger partial charge on any atom is -0.381 e. The highest BCUT2D eigenvalue weighted by Crippen LogP contribution is 2.40. The van der Waals surface area contributed by atoms with Crippen LogP contribution in [0.2, 0.25) is 0 Å². The van der Waals surface area contributed by atoms with Crippen molar-refractivity contribution >= 4 is 11.9 Å². The topological polar surface area (TPSA) is 67.4 Å². The van der Waals surface area contributed by atoms with Gasteiger partial charge in [-0.05, 0) is 49.3 Å². The third-order valence-corrected chi connectivity index (χ3v) is 6.31. The summed E-state index contributed by atoms with van der Waals surface area (Å²) >= 11 is 0. The number of hydrogen-bond donors (Lipinski definition) is 1. The van der Waals surface area contributed by atoms with Gasteiger partial charge >= 0.3 is 6.18 Å². The molecule has 2 fully saturated rings. The van der Waals surface area contributed by atoms with Gasteiger partial charge in [-0.1, -0.05) is 6.07 Å². The minimum atomic E-state index is -4.69. The Morgan fingerprint density at radius 1 is 1.19 bits per heavy atom. The standard InChI is InChI=1S/C22H24F4N4O2/c1-14(17-3-2-16(23)10-18(17)22(24,25)26)29-20-27-11-15(12-28-20)19(31)30-7-4-21(13-30)5-8-32-9-6-21/h2-3,10-12,14H,4-9,13H2,1H3,(H,27,28,29)/t14-/m1/s1. The van der Waals surface area contributed by atoms with Gasteiger partial charge in [-0.25, -0.2) is 14.4 Å². The summed E-state index contributed by atoms with van der Waals surface area (Å²) in [5.74, 6) is -1.04. The maximum Gasteiger partial charge on any atom is 0.416 e. The first-order valence-electron chi connectivity index (χ1n) is 10.5. The van der Waals surface area contributed by atoms with E-state index in [1.165, 1.54) is 19.3 Å². The number of carbonyl (C=O) groups is 1. The Kier molecular flexibility index (Phi) is 6.07. The largest absolute Gasteiger partial charge is 0.416 e. The highest BCUT2D eigenvalue weighted by molar-refractivity contribution is 5.94. The van der Waals surface area contributed by atoms with E-state index in [9.17, 15) is 22.4 Å². The molecule has 0 bridgehead atoms. The lowest BCUT2D eigenvalue weighted by atomic mass is 9.80. The van der Waals surface area contributed by atoms with Gasteiger partial charge in [0.1, 0.15) is 5.82 Å². The lowest BCUT2D eigenvalue weighted by Crippen LogP contribution is -2.35. The number of nitrogens with zero attached hydrogens (tertiary/aromatic N) is 3. The Morgan fingerprint density at radius 2 is 1.88 bits per heavy atom. The predicted octanol–water partition coefficient (Wildman–Crippen LogP) is 4.45. The molecule has 0 aliphatic carbocycles. The Hall–Kier alpha value is -2.75. The first-order valence-corrected chi connectivity index (χ1v) is 10.5. The summed E-state index contributed by atoms with van der Waals surface area (Å²) < 4.78 is 58.6. The summed E-state index contributed by atoms with van der Waals surface area (Å²) in [4.78, 5) is 22.9. The maximum absolute atomic E-state index is 13.3. The molecule has 0 unspecified atom stereocenters. The quantitative estimate of drug-likeness (QED) is 0.695. The van der Waals surface area contributed by atoms with E-state index < -0.39 is 23.6 Å². The van der Waals surface area contributed by atoms with Gasteiger partial charge < -0.3 is 15.0 Å². The van der Waals surface area contributed by atoms with Crippen LogP contribution in [0.4, 0.5) is 23.5 Å². The Balaban J connectivity index is 1.43. The third-order valence-electron chi connectivity index (χ3n) is 6.31. The molecule has 1 aromatic carbocycles. The number of halogens is 4. The number of alkyl halides is 3. The molecule has 1 N–H and O–H groups in total. The number of aromatic nitrogens is 2. The number of likely N-dealkylation sites (tertiary alicyclic amines) is 1. The van der Waals surface area contributed by atoms with E-state index in [-0.39, 0.29) is 22.8 Å². The Labute approximate surface area is 183 Å². The molecule has 0 radical (unpaired) electrons. The van der Waals surface area contributed by atoms with E-state index in [0.717, 1.165) is 31.4 Å². The van der Waals surface area contributed by atoms with Crippen molar-refractivity contribution in [3.8, 4) is 0 Å². The summed E-state index contributed by atoms with van der Waals surface area (Å²) in [5, 5.41) is 2.79. The second-order valence-electron chi connectivity index (χ2n) is 8.48. The van der Waals surface area contributed by atoms with E-state index in [4.69, 9.17) is 4.74 Å². The van der Waals surface area contributed by atoms with Crippen LogP contribution in [-0.4, -0.2) is 47.1 Å². The van der Waals surface area contributed by atoms with Crippen LogP contribution < -0.4 is 5.32 Å². The molecular formula is C22H24F4N4O2. The van der Waals surface area contributed by atoms with E-state index in [2.05, 4.69) is 15.3 Å². The fraction of sp³-hybridized carbons (Fsp3) is 0.500. The SMILES string of the molecule is C[C@@H](Nc1ncc(C(=O)N2CCC3(CCOCC3)C2)cn1)c1ccc(F)cc1C(F)(F)F. The fourth-order valence-corrected chi connectivity index (χ4v) is 4.44. The minimum absolute atomic E-state index is 0.0776. The van der Waals surface area contributed by atoms with Gasteiger partial charge in [0, 0.05) is 38.7 Å². The second kappa shape index (κ2) is 8.65. The fourth-order valence-electron chi connectivity index (χ4n) is 4.44. The first-order chi connectivity index (χ1) is 15.2. The molecule has 2 saturated heterocycles. The zero-order valence-electron chi connectivity index (χ0n) is 17.6. The summed E-state index contributed by atoms with van der Waals surface area (Å²) in [5.41, 5.74) is -0.733. The van der Waals surface area contributed by atoms with Crippen molar-refractivity contribution in [1.82, 2.24) is 14.9 Å². The molecule has 1 amide bonds. The van der Waals surface area contributed by atoms with Crippen molar-refractivity contribution in [2.45, 2.75) is 38.4 Å². The first kappa shape index (κ1) is 22.4. The van der Waals surface area contributed by atoms with E-state index in [1.54, 1.807) is 4.90 Å². The summed E-state index contributed by atoms with van der Waals surface area (Å²) in [6.45, 7) is 4.28. The van der Waals surface area contributed by atoms with Crippen molar-refractivity contribution < 1.29 is 27.1 Å². The zero-order chi connectivity index (χ0) is 22.9. The molecule has 1 spiro atoms. The summed E-state index contributed by atoms with van der Waals surface area (Å²) in [7, 11) is 0. The lowest BCUT2D eigenvalue weighted by Gasteiger charge is -2.33. The number of ether oxygens (including phenoxy) is 1. The number of hydrogen-bond acceptors (Lipinski definition) is 5. The van der Waals surface area contributed by atoms with Gasteiger partial charge in [-0.15, -0.1) is 0 Å². The Bertz CT molecular complexity index is 975. The highest BCUT2D eigenvalue weighted by Gasteiger charge is 2.41. The van der Waals surface area contributed by atoms with Gasteiger partial charge in [0.2, 0.25) is 5.95 Å². The molecule has 0 saturated carbocycles. The molecule has 1 atom stereocenters. The van der Waals surface area contributed by atoms with Gasteiger partial charge in [-0.3, -0.25) is 4.79 Å². The number of benzene rings is 1. The van der Waals surface area contributed by atoms with Crippen molar-refractivity contribution in [2.75, 3.05) is 31.6 Å². The smallest absolute Gasteiger partial charge is 0.381 e. The third kappa shape index (κ3) is 4.69. The summed E-state index contributed by atoms with van der Waals surface area (Å²) in [6, 6.07) is 1.71. The van der Waals surface area contributed by atoms with Crippen LogP contribution in [0.1, 0.15) is 53.7 Å². The molecule has 1 aromatic heterocycles. The van der Waals surface area contributed by atoms with Gasteiger partial charge in [-0.2, -0.15) is 13.2 Å². The molecule has 3 heterocycles. The number of carbonyl (C=O) groups excluding carboxylic acids is 1. The van der Waals surface area contributed by atoms with Crippen molar-refractivity contribution in [2.24, 2.45) is 5.41 Å². The van der Waals surface area contributed by atoms with Crippen molar-refractivity contribution in [3.05, 3.63) is 53.1 Å². The number of amides is 1. The maximum atomic E-state index is 13.3. The van der Waals surface area contributed by atoms with Crippen LogP contribution in [0.15, 0.2) is 30.6 Å². The predicted molar refractivity (Wildman–Crippen MR) is 108 cm³/mol. The molecule has 2 aliphatic heterocycles. The molecule has 32 heavy (non-hydrogen) atoms. The van der Waals surface area contributed by atoms with Crippen molar-refractivity contribution in [1.29, 1.82) is 0 Å². The van der Waals surface area contributed by atoms with Gasteiger partial charge in [0.25, 0.3) is 5.91 Å². The van der Waals surface area contributed by atoms with Crippen LogP contribution in [0.25, 0.3) is 0 Å². The molecular weight excluding hydrogens is 428 g/mol. The molecule has 2 aromatic rings. The van der Waals surface area contributed by atoms with Crippen LogP contribution in [-0.2, 0) is 10.9 Å². The van der Waals surface area contributed by atoms with E-state index >= 15 is 0 Å². The number of nitrogens with one attached hydrogen (secondary N) is 1. The molecule has 4 rings (SSSR count). The monoisotopic (exact) mass is 452 g/mol. The normalized spacial score (nSPS) is 19.2. The van der Waals surface area contributed by atoms with Crippen molar-refractivity contribution in [3.63, 3.8) is 0 Å². The average Bonchev–Trinajstić information content (AvgIpc) is 3.16.